The lowest BCUT2D eigenvalue weighted by Gasteiger charge is -2.11. The lowest BCUT2D eigenvalue weighted by molar-refractivity contribution is -0.120. The second kappa shape index (κ2) is 10.2. The van der Waals surface area contributed by atoms with Gasteiger partial charge in [0.15, 0.2) is 0 Å². The van der Waals surface area contributed by atoms with Crippen molar-refractivity contribution in [3.63, 3.8) is 0 Å². The van der Waals surface area contributed by atoms with Gasteiger partial charge in [0.05, 0.1) is 11.3 Å². The number of rotatable bonds is 7. The number of carbonyl (C=O) groups is 2. The number of hydrogen-bond donors (Lipinski definition) is 3. The first-order valence-corrected chi connectivity index (χ1v) is 6.14. The number of amides is 2. The number of para-hydroxylation sites is 1. The zero-order valence-electron chi connectivity index (χ0n) is 11.3. The summed E-state index contributed by atoms with van der Waals surface area (Å²) in [7, 11) is 0. The van der Waals surface area contributed by atoms with Crippen LogP contribution in [-0.4, -0.2) is 38.1 Å². The van der Waals surface area contributed by atoms with Crippen molar-refractivity contribution in [2.75, 3.05) is 31.6 Å². The SMILES string of the molecule is CCOCC(=O)Nc1ccccc1C(=O)NCCN.Cl. The molecule has 7 heteroatoms. The molecule has 0 aliphatic carbocycles. The summed E-state index contributed by atoms with van der Waals surface area (Å²) >= 11 is 0. The van der Waals surface area contributed by atoms with Crippen molar-refractivity contribution in [1.29, 1.82) is 0 Å². The smallest absolute Gasteiger partial charge is 0.253 e. The van der Waals surface area contributed by atoms with E-state index >= 15 is 0 Å². The summed E-state index contributed by atoms with van der Waals surface area (Å²) in [4.78, 5) is 23.4. The van der Waals surface area contributed by atoms with Crippen molar-refractivity contribution in [1.82, 2.24) is 5.32 Å². The summed E-state index contributed by atoms with van der Waals surface area (Å²) in [5.41, 5.74) is 6.19. The molecule has 0 saturated heterocycles. The van der Waals surface area contributed by atoms with Crippen LogP contribution in [0.3, 0.4) is 0 Å². The Hall–Kier alpha value is -1.63. The van der Waals surface area contributed by atoms with Gasteiger partial charge in [0, 0.05) is 19.7 Å². The quantitative estimate of drug-likeness (QED) is 0.693. The molecule has 1 aromatic rings. The van der Waals surface area contributed by atoms with Gasteiger partial charge >= 0.3 is 0 Å². The van der Waals surface area contributed by atoms with Crippen molar-refractivity contribution in [2.45, 2.75) is 6.92 Å². The molecule has 0 unspecified atom stereocenters. The van der Waals surface area contributed by atoms with Crippen LogP contribution < -0.4 is 16.4 Å². The second-order valence-electron chi connectivity index (χ2n) is 3.78. The Morgan fingerprint density at radius 2 is 2.00 bits per heavy atom. The normalized spacial score (nSPS) is 9.50. The van der Waals surface area contributed by atoms with Gasteiger partial charge in [-0.1, -0.05) is 12.1 Å². The molecule has 4 N–H and O–H groups in total. The first-order valence-electron chi connectivity index (χ1n) is 6.14. The molecule has 2 amide bonds. The molecule has 1 rings (SSSR count). The van der Waals surface area contributed by atoms with Crippen LogP contribution >= 0.6 is 12.4 Å². The van der Waals surface area contributed by atoms with Gasteiger partial charge in [-0.05, 0) is 19.1 Å². The fourth-order valence-electron chi connectivity index (χ4n) is 1.45. The number of ether oxygens (including phenoxy) is 1. The van der Waals surface area contributed by atoms with Crippen molar-refractivity contribution in [3.05, 3.63) is 29.8 Å². The lowest BCUT2D eigenvalue weighted by Crippen LogP contribution is -2.30. The van der Waals surface area contributed by atoms with E-state index < -0.39 is 0 Å². The zero-order valence-corrected chi connectivity index (χ0v) is 12.2. The summed E-state index contributed by atoms with van der Waals surface area (Å²) in [5.74, 6) is -0.557. The Kier molecular flexibility index (Phi) is 9.36. The number of nitrogens with two attached hydrogens (primary N) is 1. The highest BCUT2D eigenvalue weighted by Gasteiger charge is 2.12. The largest absolute Gasteiger partial charge is 0.372 e. The van der Waals surface area contributed by atoms with E-state index in [0.717, 1.165) is 0 Å². The molecule has 0 spiro atoms. The highest BCUT2D eigenvalue weighted by atomic mass is 35.5. The van der Waals surface area contributed by atoms with Gasteiger partial charge in [-0.25, -0.2) is 0 Å². The molecular weight excluding hydrogens is 282 g/mol. The van der Waals surface area contributed by atoms with E-state index in [-0.39, 0.29) is 30.8 Å². The van der Waals surface area contributed by atoms with Gasteiger partial charge in [0.2, 0.25) is 5.91 Å². The van der Waals surface area contributed by atoms with E-state index in [4.69, 9.17) is 10.5 Å². The van der Waals surface area contributed by atoms with Gasteiger partial charge in [-0.15, -0.1) is 12.4 Å². The van der Waals surface area contributed by atoms with E-state index in [9.17, 15) is 9.59 Å². The monoisotopic (exact) mass is 301 g/mol. The van der Waals surface area contributed by atoms with Crippen LogP contribution in [0.4, 0.5) is 5.69 Å². The molecule has 0 saturated carbocycles. The minimum atomic E-state index is -0.291. The van der Waals surface area contributed by atoms with Gasteiger partial charge < -0.3 is 21.1 Å². The zero-order chi connectivity index (χ0) is 14.1. The van der Waals surface area contributed by atoms with E-state index in [1.165, 1.54) is 0 Å². The van der Waals surface area contributed by atoms with Gasteiger partial charge in [0.25, 0.3) is 5.91 Å². The summed E-state index contributed by atoms with van der Waals surface area (Å²) < 4.78 is 5.00. The van der Waals surface area contributed by atoms with Crippen LogP contribution in [0, 0.1) is 0 Å². The first-order chi connectivity index (χ1) is 9.19. The number of halogens is 1. The number of benzene rings is 1. The highest BCUT2D eigenvalue weighted by Crippen LogP contribution is 2.14. The molecule has 0 bridgehead atoms. The van der Waals surface area contributed by atoms with Gasteiger partial charge in [0.1, 0.15) is 6.61 Å². The molecular formula is C13H20ClN3O3. The Morgan fingerprint density at radius 3 is 2.65 bits per heavy atom. The maximum absolute atomic E-state index is 11.9. The third kappa shape index (κ3) is 6.01. The Labute approximate surface area is 124 Å². The van der Waals surface area contributed by atoms with Crippen LogP contribution in [0.15, 0.2) is 24.3 Å². The number of carbonyl (C=O) groups excluding carboxylic acids is 2. The average Bonchev–Trinajstić information content (AvgIpc) is 2.43. The minimum Gasteiger partial charge on any atom is -0.372 e. The summed E-state index contributed by atoms with van der Waals surface area (Å²) in [6, 6.07) is 6.79. The van der Waals surface area contributed by atoms with Crippen LogP contribution in [0.1, 0.15) is 17.3 Å². The van der Waals surface area contributed by atoms with Crippen LogP contribution in [-0.2, 0) is 9.53 Å². The molecule has 0 atom stereocenters. The predicted molar refractivity (Wildman–Crippen MR) is 80.2 cm³/mol. The third-order valence-electron chi connectivity index (χ3n) is 2.31. The molecule has 0 radical (unpaired) electrons. The molecule has 0 heterocycles. The maximum atomic E-state index is 11.9. The number of nitrogens with one attached hydrogen (secondary N) is 2. The Balaban J connectivity index is 0.00000361. The van der Waals surface area contributed by atoms with Crippen molar-refractivity contribution in [2.24, 2.45) is 5.73 Å². The first kappa shape index (κ1) is 18.4. The van der Waals surface area contributed by atoms with E-state index in [1.54, 1.807) is 24.3 Å². The van der Waals surface area contributed by atoms with E-state index in [1.807, 2.05) is 6.92 Å². The van der Waals surface area contributed by atoms with Gasteiger partial charge in [-0.3, -0.25) is 9.59 Å². The number of hydrogen-bond acceptors (Lipinski definition) is 4. The van der Waals surface area contributed by atoms with Gasteiger partial charge in [-0.2, -0.15) is 0 Å². The third-order valence-corrected chi connectivity index (χ3v) is 2.31. The molecule has 0 aliphatic rings. The summed E-state index contributed by atoms with van der Waals surface area (Å²) in [5, 5.41) is 5.31. The molecule has 0 fully saturated rings. The minimum absolute atomic E-state index is 0. The van der Waals surface area contributed by atoms with E-state index in [2.05, 4.69) is 10.6 Å². The van der Waals surface area contributed by atoms with Crippen LogP contribution in [0.5, 0.6) is 0 Å². The molecule has 0 aromatic heterocycles. The van der Waals surface area contributed by atoms with Crippen molar-refractivity contribution in [3.8, 4) is 0 Å². The molecule has 1 aromatic carbocycles. The van der Waals surface area contributed by atoms with Crippen molar-refractivity contribution >= 4 is 29.9 Å². The average molecular weight is 302 g/mol. The topological polar surface area (TPSA) is 93.4 Å². The molecule has 20 heavy (non-hydrogen) atoms. The summed E-state index contributed by atoms with van der Waals surface area (Å²) in [6.07, 6.45) is 0. The molecule has 112 valence electrons. The van der Waals surface area contributed by atoms with Crippen molar-refractivity contribution < 1.29 is 14.3 Å². The Bertz CT molecular complexity index is 441. The van der Waals surface area contributed by atoms with Crippen LogP contribution in [0.2, 0.25) is 0 Å². The fraction of sp³-hybridized carbons (Fsp3) is 0.385. The molecule has 6 nitrogen and oxygen atoms in total. The number of anilines is 1. The summed E-state index contributed by atoms with van der Waals surface area (Å²) in [6.45, 7) is 2.99. The Morgan fingerprint density at radius 1 is 1.30 bits per heavy atom. The fourth-order valence-corrected chi connectivity index (χ4v) is 1.45. The predicted octanol–water partition coefficient (Wildman–Crippen LogP) is 0.772. The van der Waals surface area contributed by atoms with E-state index in [0.29, 0.717) is 30.9 Å². The second-order valence-corrected chi connectivity index (χ2v) is 3.78. The maximum Gasteiger partial charge on any atom is 0.253 e. The standard InChI is InChI=1S/C13H19N3O3.ClH/c1-2-19-9-12(17)16-11-6-4-3-5-10(11)13(18)15-8-7-14;/h3-6H,2,7-9,14H2,1H3,(H,15,18)(H,16,17);1H. The lowest BCUT2D eigenvalue weighted by atomic mass is 10.1. The highest BCUT2D eigenvalue weighted by molar-refractivity contribution is 6.03. The molecule has 0 aliphatic heterocycles. The van der Waals surface area contributed by atoms with Crippen LogP contribution in [0.25, 0.3) is 0 Å².